The monoisotopic (exact) mass is 271 g/mol. The van der Waals surface area contributed by atoms with Crippen LogP contribution in [0, 0.1) is 5.82 Å². The molecule has 2 aromatic carbocycles. The number of carbonyl (C=O) groups excluding carboxylic acids is 1. The van der Waals surface area contributed by atoms with Crippen LogP contribution in [0.2, 0.25) is 0 Å². The summed E-state index contributed by atoms with van der Waals surface area (Å²) >= 11 is 1.39. The van der Waals surface area contributed by atoms with Crippen LogP contribution in [0.5, 0.6) is 0 Å². The molecule has 3 rings (SSSR count). The van der Waals surface area contributed by atoms with Crippen molar-refractivity contribution in [3.05, 3.63) is 64.8 Å². The van der Waals surface area contributed by atoms with Crippen LogP contribution >= 0.6 is 11.8 Å². The summed E-state index contributed by atoms with van der Waals surface area (Å²) in [6.07, 6.45) is 1.69. The van der Waals surface area contributed by atoms with E-state index in [1.54, 1.807) is 18.2 Å². The second kappa shape index (κ2) is 4.90. The van der Waals surface area contributed by atoms with Crippen molar-refractivity contribution in [3.8, 4) is 0 Å². The van der Waals surface area contributed by atoms with Gasteiger partial charge in [0.05, 0.1) is 10.6 Å². The second-order valence-corrected chi connectivity index (χ2v) is 5.20. The van der Waals surface area contributed by atoms with Crippen LogP contribution in [0.4, 0.5) is 10.1 Å². The van der Waals surface area contributed by atoms with Crippen molar-refractivity contribution >= 4 is 29.4 Å². The number of nitrogens with one attached hydrogen (secondary N) is 1. The van der Waals surface area contributed by atoms with E-state index in [-0.39, 0.29) is 11.7 Å². The lowest BCUT2D eigenvalue weighted by Gasteiger charge is -2.18. The van der Waals surface area contributed by atoms with Gasteiger partial charge < -0.3 is 5.32 Å². The average Bonchev–Trinajstić information content (AvgIpc) is 2.40. The Bertz CT molecular complexity index is 681. The van der Waals surface area contributed by atoms with E-state index in [2.05, 4.69) is 5.32 Å². The van der Waals surface area contributed by atoms with Gasteiger partial charge in [0.1, 0.15) is 5.82 Å². The molecule has 0 spiro atoms. The summed E-state index contributed by atoms with van der Waals surface area (Å²) in [7, 11) is 0. The van der Waals surface area contributed by atoms with Crippen LogP contribution in [0.15, 0.2) is 58.3 Å². The molecule has 0 unspecified atom stereocenters. The zero-order chi connectivity index (χ0) is 13.2. The molecule has 0 atom stereocenters. The quantitative estimate of drug-likeness (QED) is 0.797. The number of amides is 1. The van der Waals surface area contributed by atoms with Gasteiger partial charge in [-0.3, -0.25) is 4.79 Å². The van der Waals surface area contributed by atoms with Crippen molar-refractivity contribution in [3.63, 3.8) is 0 Å². The Labute approximate surface area is 114 Å². The molecular weight excluding hydrogens is 261 g/mol. The average molecular weight is 271 g/mol. The van der Waals surface area contributed by atoms with E-state index in [9.17, 15) is 9.18 Å². The van der Waals surface area contributed by atoms with Gasteiger partial charge in [0.2, 0.25) is 0 Å². The lowest BCUT2D eigenvalue weighted by atomic mass is 10.2. The van der Waals surface area contributed by atoms with E-state index in [0.717, 1.165) is 10.6 Å². The predicted molar refractivity (Wildman–Crippen MR) is 75.3 cm³/mol. The number of rotatable bonds is 1. The van der Waals surface area contributed by atoms with Gasteiger partial charge in [-0.15, -0.1) is 0 Å². The third-order valence-corrected chi connectivity index (χ3v) is 3.82. The van der Waals surface area contributed by atoms with Crippen molar-refractivity contribution in [2.24, 2.45) is 0 Å². The lowest BCUT2D eigenvalue weighted by Crippen LogP contribution is -2.17. The van der Waals surface area contributed by atoms with Crippen molar-refractivity contribution in [2.45, 2.75) is 4.90 Å². The number of benzene rings is 2. The van der Waals surface area contributed by atoms with E-state index in [1.165, 1.54) is 23.9 Å². The summed E-state index contributed by atoms with van der Waals surface area (Å²) in [5, 5.41) is 2.82. The number of para-hydroxylation sites is 1. The highest BCUT2D eigenvalue weighted by Gasteiger charge is 2.20. The van der Waals surface area contributed by atoms with Crippen LogP contribution in [0.1, 0.15) is 5.56 Å². The molecule has 0 fully saturated rings. The molecule has 0 aliphatic carbocycles. The molecule has 4 heteroatoms. The van der Waals surface area contributed by atoms with Crippen molar-refractivity contribution in [1.29, 1.82) is 0 Å². The molecule has 1 aliphatic heterocycles. The van der Waals surface area contributed by atoms with Crippen LogP contribution in [0.25, 0.3) is 6.08 Å². The predicted octanol–water partition coefficient (Wildman–Crippen LogP) is 3.91. The van der Waals surface area contributed by atoms with E-state index in [0.29, 0.717) is 10.5 Å². The SMILES string of the molecule is O=C1Nc2ccccc2SC1=Cc1cccc(F)c1. The van der Waals surface area contributed by atoms with Crippen molar-refractivity contribution in [2.75, 3.05) is 5.32 Å². The van der Waals surface area contributed by atoms with Gasteiger partial charge in [-0.25, -0.2) is 4.39 Å². The first kappa shape index (κ1) is 12.0. The van der Waals surface area contributed by atoms with Crippen LogP contribution in [0.3, 0.4) is 0 Å². The van der Waals surface area contributed by atoms with Gasteiger partial charge >= 0.3 is 0 Å². The van der Waals surface area contributed by atoms with Gasteiger partial charge in [-0.2, -0.15) is 0 Å². The molecule has 2 nitrogen and oxygen atoms in total. The molecule has 0 saturated carbocycles. The first-order valence-corrected chi connectivity index (χ1v) is 6.59. The fourth-order valence-electron chi connectivity index (χ4n) is 1.85. The molecule has 2 aromatic rings. The molecule has 19 heavy (non-hydrogen) atoms. The maximum Gasteiger partial charge on any atom is 0.262 e. The third-order valence-electron chi connectivity index (χ3n) is 2.73. The fourth-order valence-corrected chi connectivity index (χ4v) is 2.80. The largest absolute Gasteiger partial charge is 0.320 e. The van der Waals surface area contributed by atoms with Gasteiger partial charge in [0.25, 0.3) is 5.91 Å². The standard InChI is InChI=1S/C15H10FNOS/c16-11-5-3-4-10(8-11)9-14-15(18)17-12-6-1-2-7-13(12)19-14/h1-9H,(H,17,18). The highest BCUT2D eigenvalue weighted by molar-refractivity contribution is 8.04. The normalized spacial score (nSPS) is 16.1. The maximum absolute atomic E-state index is 13.1. The number of halogens is 1. The number of hydrogen-bond donors (Lipinski definition) is 1. The third kappa shape index (κ3) is 2.53. The number of hydrogen-bond acceptors (Lipinski definition) is 2. The molecule has 1 aliphatic rings. The Morgan fingerprint density at radius 1 is 1.11 bits per heavy atom. The molecule has 1 N–H and O–H groups in total. The summed E-state index contributed by atoms with van der Waals surface area (Å²) in [6, 6.07) is 13.8. The number of anilines is 1. The molecule has 0 radical (unpaired) electrons. The topological polar surface area (TPSA) is 29.1 Å². The second-order valence-electron chi connectivity index (χ2n) is 4.12. The summed E-state index contributed by atoms with van der Waals surface area (Å²) in [6.45, 7) is 0. The van der Waals surface area contributed by atoms with Gasteiger partial charge in [-0.1, -0.05) is 36.0 Å². The molecule has 1 amide bonds. The molecular formula is C15H10FNOS. The highest BCUT2D eigenvalue weighted by Crippen LogP contribution is 2.38. The maximum atomic E-state index is 13.1. The van der Waals surface area contributed by atoms with Crippen LogP contribution in [-0.4, -0.2) is 5.91 Å². The van der Waals surface area contributed by atoms with Crippen molar-refractivity contribution in [1.82, 2.24) is 0 Å². The Morgan fingerprint density at radius 2 is 1.95 bits per heavy atom. The minimum atomic E-state index is -0.309. The summed E-state index contributed by atoms with van der Waals surface area (Å²) in [5.41, 5.74) is 1.49. The van der Waals surface area contributed by atoms with E-state index >= 15 is 0 Å². The first-order valence-electron chi connectivity index (χ1n) is 5.78. The van der Waals surface area contributed by atoms with E-state index < -0.39 is 0 Å². The van der Waals surface area contributed by atoms with Gasteiger partial charge in [-0.05, 0) is 35.9 Å². The first-order chi connectivity index (χ1) is 9.22. The molecule has 0 saturated heterocycles. The number of carbonyl (C=O) groups is 1. The van der Waals surface area contributed by atoms with E-state index in [4.69, 9.17) is 0 Å². The molecule has 0 aromatic heterocycles. The van der Waals surface area contributed by atoms with Crippen LogP contribution in [-0.2, 0) is 4.79 Å². The van der Waals surface area contributed by atoms with Gasteiger partial charge in [0, 0.05) is 4.90 Å². The summed E-state index contributed by atoms with van der Waals surface area (Å²) < 4.78 is 13.1. The smallest absolute Gasteiger partial charge is 0.262 e. The van der Waals surface area contributed by atoms with Crippen LogP contribution < -0.4 is 5.32 Å². The van der Waals surface area contributed by atoms with Crippen molar-refractivity contribution < 1.29 is 9.18 Å². The zero-order valence-corrected chi connectivity index (χ0v) is 10.7. The summed E-state index contributed by atoms with van der Waals surface area (Å²) in [4.78, 5) is 13.5. The van der Waals surface area contributed by atoms with E-state index in [1.807, 2.05) is 24.3 Å². The Hall–Kier alpha value is -2.07. The summed E-state index contributed by atoms with van der Waals surface area (Å²) in [5.74, 6) is -0.469. The number of thioether (sulfide) groups is 1. The number of fused-ring (bicyclic) bond motifs is 1. The minimum absolute atomic E-state index is 0.159. The Morgan fingerprint density at radius 3 is 2.79 bits per heavy atom. The molecule has 94 valence electrons. The molecule has 0 bridgehead atoms. The Balaban J connectivity index is 1.96. The minimum Gasteiger partial charge on any atom is -0.320 e. The fraction of sp³-hybridized carbons (Fsp3) is 0. The van der Waals surface area contributed by atoms with Gasteiger partial charge in [0.15, 0.2) is 0 Å². The Kier molecular flexibility index (Phi) is 3.09. The lowest BCUT2D eigenvalue weighted by molar-refractivity contribution is -0.112. The zero-order valence-electron chi connectivity index (χ0n) is 9.89. The highest BCUT2D eigenvalue weighted by atomic mass is 32.2. The molecule has 1 heterocycles.